The predicted octanol–water partition coefficient (Wildman–Crippen LogP) is 17.0. The first-order valence-corrected chi connectivity index (χ1v) is 27.9. The number of carbonyl (C=O) groups is 2. The van der Waals surface area contributed by atoms with Gasteiger partial charge in [-0.05, 0) is 77.0 Å². The Labute approximate surface area is 397 Å². The highest BCUT2D eigenvalue weighted by atomic mass is 16.5. The maximum Gasteiger partial charge on any atom is 0.306 e. The van der Waals surface area contributed by atoms with Crippen molar-refractivity contribution in [2.75, 3.05) is 6.61 Å². The number of hydrogen-bond acceptors (Lipinski definition) is 5. The number of nitrogens with one attached hydrogen (secondary N) is 1. The molecule has 6 heteroatoms. The molecule has 0 fully saturated rings. The molecule has 0 saturated heterocycles. The SMILES string of the molecule is CCCCC/C=C/C=C/CCCCCCCCC(=O)OC(CCCCC/C=C/C=C/CCCCCCCCC)CC(=O)NC(CO)C(O)CCCCCCCCCCCCCCCC. The zero-order valence-electron chi connectivity index (χ0n) is 42.7. The molecule has 3 N–H and O–H groups in total. The fraction of sp³-hybridized carbons (Fsp3) is 0.828. The summed E-state index contributed by atoms with van der Waals surface area (Å²) in [5.74, 6) is -0.505. The summed E-state index contributed by atoms with van der Waals surface area (Å²) in [5.41, 5.74) is 0. The van der Waals surface area contributed by atoms with E-state index >= 15 is 0 Å². The molecule has 0 aromatic heterocycles. The molecule has 3 unspecified atom stereocenters. The molecule has 374 valence electrons. The molecule has 64 heavy (non-hydrogen) atoms. The van der Waals surface area contributed by atoms with Gasteiger partial charge >= 0.3 is 5.97 Å². The summed E-state index contributed by atoms with van der Waals surface area (Å²) in [6.07, 6.45) is 63.1. The fourth-order valence-corrected chi connectivity index (χ4v) is 8.41. The minimum Gasteiger partial charge on any atom is -0.462 e. The quantitative estimate of drug-likeness (QED) is 0.0321. The Morgan fingerprint density at radius 2 is 0.781 bits per heavy atom. The van der Waals surface area contributed by atoms with Crippen molar-refractivity contribution in [3.8, 4) is 0 Å². The predicted molar refractivity (Wildman–Crippen MR) is 278 cm³/mol. The second kappa shape index (κ2) is 51.8. The van der Waals surface area contributed by atoms with Crippen molar-refractivity contribution in [1.82, 2.24) is 5.32 Å². The molecule has 1 amide bonds. The van der Waals surface area contributed by atoms with Gasteiger partial charge in [-0.25, -0.2) is 0 Å². The average molecular weight is 898 g/mol. The topological polar surface area (TPSA) is 95.9 Å². The highest BCUT2D eigenvalue weighted by Gasteiger charge is 2.24. The molecule has 0 rings (SSSR count). The summed E-state index contributed by atoms with van der Waals surface area (Å²) >= 11 is 0. The van der Waals surface area contributed by atoms with Gasteiger partial charge in [0, 0.05) is 6.42 Å². The first-order chi connectivity index (χ1) is 31.5. The first kappa shape index (κ1) is 61.8. The van der Waals surface area contributed by atoms with Crippen molar-refractivity contribution in [3.05, 3.63) is 48.6 Å². The number of amides is 1. The van der Waals surface area contributed by atoms with Crippen LogP contribution in [0.15, 0.2) is 48.6 Å². The summed E-state index contributed by atoms with van der Waals surface area (Å²) < 4.78 is 5.94. The molecule has 6 nitrogen and oxygen atoms in total. The van der Waals surface area contributed by atoms with Crippen LogP contribution in [0, 0.1) is 0 Å². The lowest BCUT2D eigenvalue weighted by Gasteiger charge is -2.24. The van der Waals surface area contributed by atoms with Crippen LogP contribution in [0.5, 0.6) is 0 Å². The third-order valence-electron chi connectivity index (χ3n) is 12.7. The van der Waals surface area contributed by atoms with Gasteiger partial charge < -0.3 is 20.3 Å². The largest absolute Gasteiger partial charge is 0.462 e. The first-order valence-electron chi connectivity index (χ1n) is 27.9. The molecule has 0 aliphatic heterocycles. The Hall–Kier alpha value is -2.18. The van der Waals surface area contributed by atoms with Gasteiger partial charge in [0.15, 0.2) is 0 Å². The van der Waals surface area contributed by atoms with E-state index < -0.39 is 18.2 Å². The minimum absolute atomic E-state index is 0.0559. The van der Waals surface area contributed by atoms with E-state index in [1.165, 1.54) is 161 Å². The number of hydrogen-bond donors (Lipinski definition) is 3. The maximum atomic E-state index is 13.2. The second-order valence-electron chi connectivity index (χ2n) is 19.0. The van der Waals surface area contributed by atoms with E-state index in [0.717, 1.165) is 77.0 Å². The Morgan fingerprint density at radius 3 is 1.20 bits per heavy atom. The summed E-state index contributed by atoms with van der Waals surface area (Å²) in [5, 5.41) is 23.8. The van der Waals surface area contributed by atoms with Gasteiger partial charge in [-0.15, -0.1) is 0 Å². The summed E-state index contributed by atoms with van der Waals surface area (Å²) in [4.78, 5) is 26.2. The third kappa shape index (κ3) is 46.4. The molecule has 0 spiro atoms. The number of aliphatic hydroxyl groups excluding tert-OH is 2. The summed E-state index contributed by atoms with van der Waals surface area (Å²) in [6, 6.07) is -0.713. The number of esters is 1. The van der Waals surface area contributed by atoms with Crippen molar-refractivity contribution >= 4 is 11.9 Å². The second-order valence-corrected chi connectivity index (χ2v) is 19.0. The Morgan fingerprint density at radius 1 is 0.453 bits per heavy atom. The molecule has 0 radical (unpaired) electrons. The molecule has 0 saturated carbocycles. The molecule has 0 heterocycles. The number of allylic oxidation sites excluding steroid dienone is 8. The van der Waals surface area contributed by atoms with Crippen LogP contribution >= 0.6 is 0 Å². The van der Waals surface area contributed by atoms with Crippen molar-refractivity contribution in [2.24, 2.45) is 0 Å². The van der Waals surface area contributed by atoms with E-state index in [4.69, 9.17) is 4.74 Å². The molecule has 0 bridgehead atoms. The maximum absolute atomic E-state index is 13.2. The lowest BCUT2D eigenvalue weighted by Crippen LogP contribution is -2.46. The number of ether oxygens (including phenoxy) is 1. The average Bonchev–Trinajstić information content (AvgIpc) is 3.29. The van der Waals surface area contributed by atoms with Crippen LogP contribution in [-0.4, -0.2) is 46.9 Å². The zero-order chi connectivity index (χ0) is 46.7. The van der Waals surface area contributed by atoms with Gasteiger partial charge in [-0.3, -0.25) is 9.59 Å². The van der Waals surface area contributed by atoms with Crippen LogP contribution in [-0.2, 0) is 14.3 Å². The van der Waals surface area contributed by atoms with E-state index in [2.05, 4.69) is 74.7 Å². The number of carbonyl (C=O) groups excluding carboxylic acids is 2. The molecule has 0 aromatic carbocycles. The fourth-order valence-electron chi connectivity index (χ4n) is 8.41. The smallest absolute Gasteiger partial charge is 0.306 e. The van der Waals surface area contributed by atoms with E-state index in [9.17, 15) is 19.8 Å². The highest BCUT2D eigenvalue weighted by molar-refractivity contribution is 5.77. The van der Waals surface area contributed by atoms with E-state index in [0.29, 0.717) is 19.3 Å². The Balaban J connectivity index is 4.63. The van der Waals surface area contributed by atoms with Gasteiger partial charge in [-0.1, -0.05) is 243 Å². The van der Waals surface area contributed by atoms with Crippen molar-refractivity contribution in [3.63, 3.8) is 0 Å². The van der Waals surface area contributed by atoms with Gasteiger partial charge in [-0.2, -0.15) is 0 Å². The van der Waals surface area contributed by atoms with Crippen LogP contribution in [0.3, 0.4) is 0 Å². The zero-order valence-corrected chi connectivity index (χ0v) is 42.7. The van der Waals surface area contributed by atoms with Crippen molar-refractivity contribution in [2.45, 2.75) is 302 Å². The minimum atomic E-state index is -0.797. The van der Waals surface area contributed by atoms with Crippen LogP contribution in [0.2, 0.25) is 0 Å². The Bertz CT molecular complexity index is 1100. The molecular weight excluding hydrogens is 791 g/mol. The van der Waals surface area contributed by atoms with Crippen molar-refractivity contribution in [1.29, 1.82) is 0 Å². The monoisotopic (exact) mass is 898 g/mol. The number of aliphatic hydroxyl groups is 2. The van der Waals surface area contributed by atoms with E-state index in [1.54, 1.807) is 0 Å². The molecular formula is C58H107NO5. The number of unbranched alkanes of at least 4 members (excludes halogenated alkanes) is 32. The lowest BCUT2D eigenvalue weighted by atomic mass is 10.0. The molecule has 3 atom stereocenters. The van der Waals surface area contributed by atoms with Crippen LogP contribution < -0.4 is 5.32 Å². The van der Waals surface area contributed by atoms with Gasteiger partial charge in [0.25, 0.3) is 0 Å². The summed E-state index contributed by atoms with van der Waals surface area (Å²) in [7, 11) is 0. The Kier molecular flexibility index (Phi) is 50.0. The molecule has 0 aliphatic carbocycles. The normalized spacial score (nSPS) is 13.5. The number of rotatable bonds is 50. The standard InChI is InChI=1S/C58H107NO5/c1-4-7-10-13-16-19-22-25-28-30-31-34-37-40-43-46-49-54(64-58(63)51-48-45-42-39-36-33-29-26-23-20-17-14-11-8-5-2)52-57(62)59-55(53-60)56(61)50-47-44-41-38-35-32-27-24-21-18-15-12-9-6-3/h17,20,23,26,28,30-31,34,54-56,60-61H,4-16,18-19,21-22,24-25,27,29,32-33,35-53H2,1-3H3,(H,59,62)/b20-17+,26-23+,30-28+,34-31+. The van der Waals surface area contributed by atoms with Crippen molar-refractivity contribution < 1.29 is 24.5 Å². The molecule has 0 aromatic rings. The van der Waals surface area contributed by atoms with Crippen LogP contribution in [0.4, 0.5) is 0 Å². The third-order valence-corrected chi connectivity index (χ3v) is 12.7. The van der Waals surface area contributed by atoms with Gasteiger partial charge in [0.1, 0.15) is 6.10 Å². The van der Waals surface area contributed by atoms with E-state index in [1.807, 2.05) is 0 Å². The van der Waals surface area contributed by atoms with E-state index in [-0.39, 0.29) is 24.9 Å². The van der Waals surface area contributed by atoms with Gasteiger partial charge in [0.2, 0.25) is 5.91 Å². The molecule has 0 aliphatic rings. The summed E-state index contributed by atoms with van der Waals surface area (Å²) in [6.45, 7) is 6.46. The van der Waals surface area contributed by atoms with Crippen LogP contribution in [0.25, 0.3) is 0 Å². The van der Waals surface area contributed by atoms with Gasteiger partial charge in [0.05, 0.1) is 25.2 Å². The lowest BCUT2D eigenvalue weighted by molar-refractivity contribution is -0.151. The highest BCUT2D eigenvalue weighted by Crippen LogP contribution is 2.18. The van der Waals surface area contributed by atoms with Crippen LogP contribution in [0.1, 0.15) is 284 Å².